The Kier molecular flexibility index (Phi) is 5.39. The van der Waals surface area contributed by atoms with Gasteiger partial charge >= 0.3 is 0 Å². The Hall–Kier alpha value is -1.92. The van der Waals surface area contributed by atoms with Crippen LogP contribution in [0.4, 0.5) is 10.1 Å². The van der Waals surface area contributed by atoms with Crippen LogP contribution in [0.1, 0.15) is 31.2 Å². The molecule has 0 amide bonds. The van der Waals surface area contributed by atoms with Crippen molar-refractivity contribution >= 4 is 15.7 Å². The van der Waals surface area contributed by atoms with Gasteiger partial charge in [-0.05, 0) is 56.2 Å². The average molecular weight is 362 g/mol. The quantitative estimate of drug-likeness (QED) is 0.850. The first-order chi connectivity index (χ1) is 11.9. The van der Waals surface area contributed by atoms with E-state index < -0.39 is 10.0 Å². The number of rotatable bonds is 5. The molecule has 0 saturated heterocycles. The third-order valence-electron chi connectivity index (χ3n) is 4.60. The molecule has 0 radical (unpaired) electrons. The van der Waals surface area contributed by atoms with Gasteiger partial charge in [-0.3, -0.25) is 0 Å². The van der Waals surface area contributed by atoms with E-state index in [0.717, 1.165) is 36.9 Å². The van der Waals surface area contributed by atoms with Crippen molar-refractivity contribution in [3.05, 3.63) is 59.9 Å². The number of benzene rings is 2. The zero-order chi connectivity index (χ0) is 17.9. The molecule has 6 heteroatoms. The Morgan fingerprint density at radius 1 is 0.920 bits per heavy atom. The van der Waals surface area contributed by atoms with Crippen LogP contribution < -0.4 is 10.0 Å². The van der Waals surface area contributed by atoms with Gasteiger partial charge in [0, 0.05) is 17.8 Å². The van der Waals surface area contributed by atoms with Gasteiger partial charge in [-0.15, -0.1) is 0 Å². The summed E-state index contributed by atoms with van der Waals surface area (Å²) in [5.41, 5.74) is 1.82. The van der Waals surface area contributed by atoms with Gasteiger partial charge in [0.2, 0.25) is 10.0 Å². The summed E-state index contributed by atoms with van der Waals surface area (Å²) in [5.74, 6) is -0.286. The zero-order valence-corrected chi connectivity index (χ0v) is 15.0. The van der Waals surface area contributed by atoms with Gasteiger partial charge < -0.3 is 5.32 Å². The fourth-order valence-corrected chi connectivity index (χ4v) is 4.50. The molecule has 0 unspecified atom stereocenters. The summed E-state index contributed by atoms with van der Waals surface area (Å²) < 4.78 is 41.2. The van der Waals surface area contributed by atoms with Crippen molar-refractivity contribution in [2.75, 3.05) is 5.32 Å². The van der Waals surface area contributed by atoms with Crippen molar-refractivity contribution in [2.24, 2.45) is 0 Å². The van der Waals surface area contributed by atoms with Gasteiger partial charge in [-0.25, -0.2) is 17.5 Å². The summed E-state index contributed by atoms with van der Waals surface area (Å²) in [6, 6.07) is 12.8. The first-order valence-electron chi connectivity index (χ1n) is 8.55. The van der Waals surface area contributed by atoms with Crippen LogP contribution in [0.2, 0.25) is 0 Å². The highest BCUT2D eigenvalue weighted by atomic mass is 32.2. The monoisotopic (exact) mass is 362 g/mol. The molecule has 134 valence electrons. The van der Waals surface area contributed by atoms with Gasteiger partial charge in [-0.1, -0.05) is 30.5 Å². The van der Waals surface area contributed by atoms with Crippen molar-refractivity contribution in [3.63, 3.8) is 0 Å². The predicted molar refractivity (Wildman–Crippen MR) is 97.6 cm³/mol. The van der Waals surface area contributed by atoms with Gasteiger partial charge in [0.1, 0.15) is 5.82 Å². The number of hydrogen-bond acceptors (Lipinski definition) is 3. The first-order valence-corrected chi connectivity index (χ1v) is 10.0. The predicted octanol–water partition coefficient (Wildman–Crippen LogP) is 3.84. The fraction of sp³-hybridized carbons (Fsp3) is 0.368. The summed E-state index contributed by atoms with van der Waals surface area (Å²) in [7, 11) is -3.56. The molecule has 2 atom stereocenters. The first kappa shape index (κ1) is 17.9. The third kappa shape index (κ3) is 4.58. The van der Waals surface area contributed by atoms with E-state index in [1.807, 2.05) is 6.92 Å². The second-order valence-electron chi connectivity index (χ2n) is 6.58. The van der Waals surface area contributed by atoms with E-state index in [2.05, 4.69) is 10.0 Å². The van der Waals surface area contributed by atoms with Crippen molar-refractivity contribution < 1.29 is 12.8 Å². The van der Waals surface area contributed by atoms with E-state index >= 15 is 0 Å². The van der Waals surface area contributed by atoms with Crippen LogP contribution in [0.3, 0.4) is 0 Å². The van der Waals surface area contributed by atoms with Crippen molar-refractivity contribution in [2.45, 2.75) is 49.6 Å². The minimum atomic E-state index is -3.56. The molecular formula is C19H23FN2O2S. The number of sulfonamides is 1. The summed E-state index contributed by atoms with van der Waals surface area (Å²) >= 11 is 0. The lowest BCUT2D eigenvalue weighted by molar-refractivity contribution is 0.378. The van der Waals surface area contributed by atoms with E-state index in [9.17, 15) is 12.8 Å². The van der Waals surface area contributed by atoms with E-state index in [1.54, 1.807) is 36.4 Å². The Bertz CT molecular complexity index is 804. The number of hydrogen-bond donors (Lipinski definition) is 2. The molecule has 0 aromatic heterocycles. The molecule has 0 aliphatic heterocycles. The van der Waals surface area contributed by atoms with E-state index in [4.69, 9.17) is 0 Å². The summed E-state index contributed by atoms with van der Waals surface area (Å²) in [5, 5.41) is 3.35. The maximum Gasteiger partial charge on any atom is 0.240 e. The molecule has 3 rings (SSSR count). The zero-order valence-electron chi connectivity index (χ0n) is 14.2. The van der Waals surface area contributed by atoms with Crippen molar-refractivity contribution in [1.82, 2.24) is 4.72 Å². The van der Waals surface area contributed by atoms with Crippen LogP contribution in [0, 0.1) is 12.7 Å². The minimum Gasteiger partial charge on any atom is -0.381 e. The SMILES string of the molecule is Cc1ccc(S(=O)(=O)N[C@@H]2CCCC[C@H]2Nc2ccc(F)cc2)cc1. The standard InChI is InChI=1S/C19H23FN2O2S/c1-14-6-12-17(13-7-14)25(23,24)22-19-5-3-2-4-18(19)21-16-10-8-15(20)9-11-16/h6-13,18-19,21-22H,2-5H2,1H3/t18-,19-/m1/s1. The smallest absolute Gasteiger partial charge is 0.240 e. The molecular weight excluding hydrogens is 339 g/mol. The van der Waals surface area contributed by atoms with Gasteiger partial charge in [-0.2, -0.15) is 0 Å². The van der Waals surface area contributed by atoms with Crippen LogP contribution in [0.15, 0.2) is 53.4 Å². The number of nitrogens with one attached hydrogen (secondary N) is 2. The maximum atomic E-state index is 13.1. The van der Waals surface area contributed by atoms with Crippen LogP contribution in [-0.2, 0) is 10.0 Å². The Balaban J connectivity index is 1.74. The van der Waals surface area contributed by atoms with Crippen molar-refractivity contribution in [3.8, 4) is 0 Å². The van der Waals surface area contributed by atoms with E-state index in [-0.39, 0.29) is 22.8 Å². The molecule has 1 aliphatic rings. The fourth-order valence-electron chi connectivity index (χ4n) is 3.19. The molecule has 1 aliphatic carbocycles. The normalized spacial score (nSPS) is 21.0. The molecule has 2 N–H and O–H groups in total. The highest BCUT2D eigenvalue weighted by Crippen LogP contribution is 2.24. The Labute approximate surface area is 148 Å². The number of aryl methyl sites for hydroxylation is 1. The average Bonchev–Trinajstić information content (AvgIpc) is 2.59. The van der Waals surface area contributed by atoms with Crippen LogP contribution in [0.5, 0.6) is 0 Å². The Morgan fingerprint density at radius 3 is 2.16 bits per heavy atom. The summed E-state index contributed by atoms with van der Waals surface area (Å²) in [6.45, 7) is 1.92. The lowest BCUT2D eigenvalue weighted by atomic mass is 9.91. The second kappa shape index (κ2) is 7.54. The minimum absolute atomic E-state index is 0.0144. The molecule has 2 aromatic rings. The number of anilines is 1. The number of halogens is 1. The molecule has 4 nitrogen and oxygen atoms in total. The Morgan fingerprint density at radius 2 is 1.52 bits per heavy atom. The lowest BCUT2D eigenvalue weighted by Crippen LogP contribution is -2.48. The third-order valence-corrected chi connectivity index (χ3v) is 6.11. The highest BCUT2D eigenvalue weighted by Gasteiger charge is 2.29. The largest absolute Gasteiger partial charge is 0.381 e. The summed E-state index contributed by atoms with van der Waals surface area (Å²) in [4.78, 5) is 0.282. The topological polar surface area (TPSA) is 58.2 Å². The molecule has 1 saturated carbocycles. The van der Waals surface area contributed by atoms with E-state index in [0.29, 0.717) is 0 Å². The molecule has 0 bridgehead atoms. The molecule has 2 aromatic carbocycles. The molecule has 0 spiro atoms. The van der Waals surface area contributed by atoms with Gasteiger partial charge in [0.05, 0.1) is 4.90 Å². The molecule has 0 heterocycles. The highest BCUT2D eigenvalue weighted by molar-refractivity contribution is 7.89. The molecule has 1 fully saturated rings. The van der Waals surface area contributed by atoms with Crippen LogP contribution in [-0.4, -0.2) is 20.5 Å². The van der Waals surface area contributed by atoms with Crippen LogP contribution in [0.25, 0.3) is 0 Å². The molecule has 25 heavy (non-hydrogen) atoms. The van der Waals surface area contributed by atoms with Gasteiger partial charge in [0.25, 0.3) is 0 Å². The lowest BCUT2D eigenvalue weighted by Gasteiger charge is -2.33. The van der Waals surface area contributed by atoms with Crippen molar-refractivity contribution in [1.29, 1.82) is 0 Å². The maximum absolute atomic E-state index is 13.1. The summed E-state index contributed by atoms with van der Waals surface area (Å²) in [6.07, 6.45) is 3.69. The van der Waals surface area contributed by atoms with E-state index in [1.165, 1.54) is 12.1 Å². The van der Waals surface area contributed by atoms with Gasteiger partial charge in [0.15, 0.2) is 0 Å². The van der Waals surface area contributed by atoms with Crippen LogP contribution >= 0.6 is 0 Å². The second-order valence-corrected chi connectivity index (χ2v) is 8.30.